The van der Waals surface area contributed by atoms with Crippen LogP contribution in [0.15, 0.2) is 0 Å². The fraction of sp³-hybridized carbons (Fsp3) is 1.00. The maximum absolute atomic E-state index is 5.48. The Morgan fingerprint density at radius 1 is 0.900 bits per heavy atom. The summed E-state index contributed by atoms with van der Waals surface area (Å²) in [6.45, 7) is 4.76. The Hall–Kier alpha value is 1.32. The minimum atomic E-state index is 0.580. The summed E-state index contributed by atoms with van der Waals surface area (Å²) in [5.41, 5.74) is 0.580. The zero-order valence-electron chi connectivity index (χ0n) is 12.5. The van der Waals surface area contributed by atoms with Gasteiger partial charge in [-0.2, -0.15) is 0 Å². The van der Waals surface area contributed by atoms with Crippen LogP contribution >= 0.6 is 47.0 Å². The van der Waals surface area contributed by atoms with Gasteiger partial charge in [0.1, 0.15) is 0 Å². The van der Waals surface area contributed by atoms with Crippen LogP contribution in [0.5, 0.6) is 0 Å². The van der Waals surface area contributed by atoms with Crippen molar-refractivity contribution in [2.75, 3.05) is 49.9 Å². The molecule has 2 rings (SSSR count). The standard InChI is InChI=1S/C14H26O2S4/c1-3-16-7-5-13-19-10-14(11-20-13)8-17-12(18-9-14)4-6-15-2/h12-13H,3-11H2,1-2H3. The molecule has 0 aliphatic carbocycles. The Morgan fingerprint density at radius 2 is 1.40 bits per heavy atom. The molecule has 2 heterocycles. The summed E-state index contributed by atoms with van der Waals surface area (Å²) < 4.78 is 12.2. The Balaban J connectivity index is 1.66. The topological polar surface area (TPSA) is 18.5 Å². The monoisotopic (exact) mass is 354 g/mol. The number of ether oxygens (including phenoxy) is 2. The van der Waals surface area contributed by atoms with Crippen LogP contribution < -0.4 is 0 Å². The van der Waals surface area contributed by atoms with Crippen LogP contribution in [0.3, 0.4) is 0 Å². The van der Waals surface area contributed by atoms with Crippen LogP contribution in [0.4, 0.5) is 0 Å². The number of hydrogen-bond donors (Lipinski definition) is 0. The van der Waals surface area contributed by atoms with E-state index in [0.29, 0.717) is 5.41 Å². The minimum Gasteiger partial charge on any atom is -0.385 e. The van der Waals surface area contributed by atoms with Gasteiger partial charge >= 0.3 is 0 Å². The lowest BCUT2D eigenvalue weighted by Crippen LogP contribution is -2.40. The quantitative estimate of drug-likeness (QED) is 0.638. The Morgan fingerprint density at radius 3 is 1.85 bits per heavy atom. The van der Waals surface area contributed by atoms with E-state index in [2.05, 4.69) is 54.0 Å². The van der Waals surface area contributed by atoms with Crippen molar-refractivity contribution >= 4 is 47.0 Å². The summed E-state index contributed by atoms with van der Waals surface area (Å²) in [7, 11) is 1.80. The van der Waals surface area contributed by atoms with Gasteiger partial charge in [-0.15, -0.1) is 47.0 Å². The molecule has 2 nitrogen and oxygen atoms in total. The molecule has 0 unspecified atom stereocenters. The lowest BCUT2D eigenvalue weighted by Gasteiger charge is -2.43. The van der Waals surface area contributed by atoms with E-state index in [9.17, 15) is 0 Å². The van der Waals surface area contributed by atoms with E-state index in [-0.39, 0.29) is 0 Å². The third kappa shape index (κ3) is 5.51. The second kappa shape index (κ2) is 9.46. The van der Waals surface area contributed by atoms with Crippen molar-refractivity contribution in [2.45, 2.75) is 28.9 Å². The first-order valence-electron chi connectivity index (χ1n) is 7.31. The molecule has 0 atom stereocenters. The number of rotatable bonds is 7. The normalized spacial score (nSPS) is 34.5. The highest BCUT2D eigenvalue weighted by atomic mass is 32.2. The molecular formula is C14H26O2S4. The molecule has 6 heteroatoms. The molecule has 2 aliphatic rings. The lowest BCUT2D eigenvalue weighted by atomic mass is 9.99. The van der Waals surface area contributed by atoms with Gasteiger partial charge in [-0.3, -0.25) is 0 Å². The Bertz CT molecular complexity index is 260. The highest BCUT2D eigenvalue weighted by Gasteiger charge is 2.40. The Kier molecular flexibility index (Phi) is 8.36. The second-order valence-corrected chi connectivity index (χ2v) is 10.7. The second-order valence-electron chi connectivity index (χ2n) is 5.37. The molecule has 118 valence electrons. The molecule has 2 fully saturated rings. The fourth-order valence-corrected chi connectivity index (χ4v) is 9.09. The van der Waals surface area contributed by atoms with Crippen LogP contribution in [0.1, 0.15) is 19.8 Å². The first-order chi connectivity index (χ1) is 9.78. The van der Waals surface area contributed by atoms with Crippen LogP contribution in [-0.2, 0) is 9.47 Å². The molecule has 0 N–H and O–H groups in total. The van der Waals surface area contributed by atoms with Crippen molar-refractivity contribution in [3.63, 3.8) is 0 Å². The first-order valence-corrected chi connectivity index (χ1v) is 11.5. The minimum absolute atomic E-state index is 0.580. The lowest BCUT2D eigenvalue weighted by molar-refractivity contribution is 0.148. The van der Waals surface area contributed by atoms with Gasteiger partial charge in [-0.05, 0) is 19.8 Å². The molecule has 0 aromatic heterocycles. The number of hydrogen-bond acceptors (Lipinski definition) is 6. The van der Waals surface area contributed by atoms with E-state index in [4.69, 9.17) is 9.47 Å². The summed E-state index contributed by atoms with van der Waals surface area (Å²) >= 11 is 8.67. The van der Waals surface area contributed by atoms with Crippen LogP contribution in [0.2, 0.25) is 0 Å². The third-order valence-corrected chi connectivity index (χ3v) is 10.7. The maximum atomic E-state index is 5.48. The zero-order valence-corrected chi connectivity index (χ0v) is 15.7. The van der Waals surface area contributed by atoms with Gasteiger partial charge in [0.25, 0.3) is 0 Å². The predicted octanol–water partition coefficient (Wildman–Crippen LogP) is 4.05. The van der Waals surface area contributed by atoms with Gasteiger partial charge in [0.15, 0.2) is 0 Å². The molecule has 0 radical (unpaired) electrons. The molecule has 2 saturated heterocycles. The SMILES string of the molecule is CCOCCC1SCC2(CSC(CCOC)SC2)CS1. The van der Waals surface area contributed by atoms with Crippen LogP contribution in [0.25, 0.3) is 0 Å². The van der Waals surface area contributed by atoms with Crippen molar-refractivity contribution in [1.29, 1.82) is 0 Å². The number of methoxy groups -OCH3 is 1. The molecule has 0 bridgehead atoms. The molecule has 0 aromatic rings. The largest absolute Gasteiger partial charge is 0.385 e. The average molecular weight is 355 g/mol. The predicted molar refractivity (Wildman–Crippen MR) is 97.4 cm³/mol. The summed E-state index contributed by atoms with van der Waals surface area (Å²) in [6.07, 6.45) is 2.40. The van der Waals surface area contributed by atoms with E-state index in [0.717, 1.165) is 29.0 Å². The van der Waals surface area contributed by atoms with Gasteiger partial charge in [-0.1, -0.05) is 0 Å². The van der Waals surface area contributed by atoms with Crippen LogP contribution in [0, 0.1) is 5.41 Å². The molecule has 20 heavy (non-hydrogen) atoms. The van der Waals surface area contributed by atoms with Gasteiger partial charge in [0, 0.05) is 55.4 Å². The highest BCUT2D eigenvalue weighted by molar-refractivity contribution is 8.19. The summed E-state index contributed by atoms with van der Waals surface area (Å²) in [6, 6.07) is 0. The highest BCUT2D eigenvalue weighted by Crippen LogP contribution is 2.50. The van der Waals surface area contributed by atoms with E-state index < -0.39 is 0 Å². The van der Waals surface area contributed by atoms with Gasteiger partial charge < -0.3 is 9.47 Å². The summed E-state index contributed by atoms with van der Waals surface area (Å²) in [4.78, 5) is 0. The number of thioether (sulfide) groups is 4. The van der Waals surface area contributed by atoms with Crippen molar-refractivity contribution in [3.05, 3.63) is 0 Å². The van der Waals surface area contributed by atoms with Gasteiger partial charge in [0.05, 0.1) is 9.16 Å². The molecule has 0 aromatic carbocycles. The molecule has 2 aliphatic heterocycles. The Labute approximate surface area is 140 Å². The van der Waals surface area contributed by atoms with Gasteiger partial charge in [-0.25, -0.2) is 0 Å². The summed E-state index contributed by atoms with van der Waals surface area (Å²) in [5, 5.41) is 0. The molecule has 0 amide bonds. The third-order valence-electron chi connectivity index (χ3n) is 3.56. The van der Waals surface area contributed by atoms with E-state index in [1.165, 1.54) is 35.9 Å². The van der Waals surface area contributed by atoms with E-state index >= 15 is 0 Å². The van der Waals surface area contributed by atoms with Crippen molar-refractivity contribution in [1.82, 2.24) is 0 Å². The maximum Gasteiger partial charge on any atom is 0.0524 e. The van der Waals surface area contributed by atoms with Crippen molar-refractivity contribution < 1.29 is 9.47 Å². The average Bonchev–Trinajstić information content (AvgIpc) is 2.49. The van der Waals surface area contributed by atoms with Gasteiger partial charge in [0.2, 0.25) is 0 Å². The first kappa shape index (κ1) is 17.7. The van der Waals surface area contributed by atoms with Crippen molar-refractivity contribution in [3.8, 4) is 0 Å². The fourth-order valence-electron chi connectivity index (χ4n) is 2.30. The summed E-state index contributed by atoms with van der Waals surface area (Å²) in [5.74, 6) is 5.36. The molecule has 0 saturated carbocycles. The smallest absolute Gasteiger partial charge is 0.0524 e. The van der Waals surface area contributed by atoms with E-state index in [1.807, 2.05) is 0 Å². The van der Waals surface area contributed by atoms with E-state index in [1.54, 1.807) is 7.11 Å². The zero-order chi connectivity index (χ0) is 14.3. The van der Waals surface area contributed by atoms with Crippen LogP contribution in [-0.4, -0.2) is 59.1 Å². The molecule has 1 spiro atoms. The molecular weight excluding hydrogens is 328 g/mol. The van der Waals surface area contributed by atoms with Crippen molar-refractivity contribution in [2.24, 2.45) is 5.41 Å².